The number of hydrogen-bond acceptors (Lipinski definition) is 4. The van der Waals surface area contributed by atoms with Crippen LogP contribution in [-0.4, -0.2) is 24.7 Å². The smallest absolute Gasteiger partial charge is 0.315 e. The Morgan fingerprint density at radius 3 is 2.74 bits per heavy atom. The molecule has 0 aliphatic carbocycles. The fourth-order valence-corrected chi connectivity index (χ4v) is 1.60. The monoisotopic (exact) mass is 318 g/mol. The molecular weight excluding hydrogens is 303 g/mol. The van der Waals surface area contributed by atoms with Crippen LogP contribution in [0.3, 0.4) is 0 Å². The second-order valence-corrected chi connectivity index (χ2v) is 4.43. The lowest BCUT2D eigenvalue weighted by Gasteiger charge is -2.05. The lowest BCUT2D eigenvalue weighted by molar-refractivity contribution is -0.120. The number of nitrogens with zero attached hydrogens (tertiary/aromatic N) is 1. The van der Waals surface area contributed by atoms with Crippen molar-refractivity contribution in [2.45, 2.75) is 6.54 Å². The van der Waals surface area contributed by atoms with Gasteiger partial charge in [0.2, 0.25) is 0 Å². The summed E-state index contributed by atoms with van der Waals surface area (Å²) in [5.74, 6) is -0.384. The predicted octanol–water partition coefficient (Wildman–Crippen LogP) is 1.37. The third-order valence-electron chi connectivity index (χ3n) is 2.71. The number of rotatable bonds is 6. The van der Waals surface area contributed by atoms with Gasteiger partial charge in [0.1, 0.15) is 18.1 Å². The number of furan rings is 1. The number of carbonyl (C=O) groups is 2. The molecule has 0 bridgehead atoms. The minimum absolute atomic E-state index is 0.214. The van der Waals surface area contributed by atoms with Gasteiger partial charge in [0.15, 0.2) is 0 Å². The highest BCUT2D eigenvalue weighted by Gasteiger charge is 2.05. The Morgan fingerprint density at radius 2 is 2.00 bits per heavy atom. The summed E-state index contributed by atoms with van der Waals surface area (Å²) in [7, 11) is 0. The number of urea groups is 1. The second-order valence-electron chi connectivity index (χ2n) is 4.43. The molecule has 3 N–H and O–H groups in total. The average molecular weight is 318 g/mol. The standard InChI is InChI=1S/C15H15FN4O3/c16-13-6-2-1-4-11(13)8-19-20-14(21)10-18-15(22)17-9-12-5-3-7-23-12/h1-8H,9-10H2,(H,20,21)(H2,17,18,22)/b19-8+. The lowest BCUT2D eigenvalue weighted by atomic mass is 10.2. The maximum atomic E-state index is 13.3. The van der Waals surface area contributed by atoms with Crippen molar-refractivity contribution in [1.82, 2.24) is 16.1 Å². The van der Waals surface area contributed by atoms with E-state index in [4.69, 9.17) is 4.42 Å². The quantitative estimate of drug-likeness (QED) is 0.554. The molecular formula is C15H15FN4O3. The molecule has 0 unspecified atom stereocenters. The number of benzene rings is 1. The zero-order valence-corrected chi connectivity index (χ0v) is 12.1. The van der Waals surface area contributed by atoms with Gasteiger partial charge in [-0.05, 0) is 18.2 Å². The highest BCUT2D eigenvalue weighted by molar-refractivity contribution is 5.85. The molecule has 120 valence electrons. The Labute approximate surface area is 131 Å². The second kappa shape index (κ2) is 8.32. The summed E-state index contributed by atoms with van der Waals surface area (Å²) in [6, 6.07) is 8.91. The third kappa shape index (κ3) is 5.62. The normalized spacial score (nSPS) is 10.5. The Bertz CT molecular complexity index is 686. The summed E-state index contributed by atoms with van der Waals surface area (Å²) in [5, 5.41) is 8.49. The van der Waals surface area contributed by atoms with Crippen molar-refractivity contribution in [2.75, 3.05) is 6.54 Å². The van der Waals surface area contributed by atoms with E-state index in [9.17, 15) is 14.0 Å². The Hall–Kier alpha value is -3.16. The fraction of sp³-hybridized carbons (Fsp3) is 0.133. The molecule has 0 aliphatic rings. The molecule has 2 rings (SSSR count). The maximum Gasteiger partial charge on any atom is 0.315 e. The van der Waals surface area contributed by atoms with Crippen LogP contribution >= 0.6 is 0 Å². The van der Waals surface area contributed by atoms with Gasteiger partial charge in [0.25, 0.3) is 5.91 Å². The Balaban J connectivity index is 1.66. The van der Waals surface area contributed by atoms with Gasteiger partial charge in [-0.2, -0.15) is 5.10 Å². The van der Waals surface area contributed by atoms with E-state index >= 15 is 0 Å². The molecule has 7 nitrogen and oxygen atoms in total. The van der Waals surface area contributed by atoms with Crippen molar-refractivity contribution in [3.8, 4) is 0 Å². The molecule has 8 heteroatoms. The van der Waals surface area contributed by atoms with Gasteiger partial charge in [-0.15, -0.1) is 0 Å². The minimum Gasteiger partial charge on any atom is -0.467 e. The molecule has 2 aromatic rings. The van der Waals surface area contributed by atoms with E-state index in [-0.39, 0.29) is 18.7 Å². The highest BCUT2D eigenvalue weighted by atomic mass is 19.1. The summed E-state index contributed by atoms with van der Waals surface area (Å²) < 4.78 is 18.3. The summed E-state index contributed by atoms with van der Waals surface area (Å²) >= 11 is 0. The van der Waals surface area contributed by atoms with Gasteiger partial charge in [-0.25, -0.2) is 14.6 Å². The van der Waals surface area contributed by atoms with Gasteiger partial charge in [0.05, 0.1) is 19.0 Å². The first-order valence-electron chi connectivity index (χ1n) is 6.75. The van der Waals surface area contributed by atoms with Crippen LogP contribution in [0.1, 0.15) is 11.3 Å². The van der Waals surface area contributed by atoms with Crippen molar-refractivity contribution in [3.05, 3.63) is 59.8 Å². The highest BCUT2D eigenvalue weighted by Crippen LogP contribution is 2.02. The molecule has 0 radical (unpaired) electrons. The summed E-state index contributed by atoms with van der Waals surface area (Å²) in [6.07, 6.45) is 2.68. The van der Waals surface area contributed by atoms with Crippen molar-refractivity contribution < 1.29 is 18.4 Å². The number of nitrogens with one attached hydrogen (secondary N) is 3. The first kappa shape index (κ1) is 16.2. The molecule has 23 heavy (non-hydrogen) atoms. The van der Waals surface area contributed by atoms with Crippen LogP contribution in [0.2, 0.25) is 0 Å². The Morgan fingerprint density at radius 1 is 1.17 bits per heavy atom. The van der Waals surface area contributed by atoms with E-state index in [1.54, 1.807) is 24.3 Å². The van der Waals surface area contributed by atoms with Gasteiger partial charge in [0, 0.05) is 5.56 Å². The molecule has 0 atom stereocenters. The summed E-state index contributed by atoms with van der Waals surface area (Å²) in [4.78, 5) is 22.9. The zero-order chi connectivity index (χ0) is 16.5. The third-order valence-corrected chi connectivity index (χ3v) is 2.71. The molecule has 0 fully saturated rings. The molecule has 0 saturated carbocycles. The number of hydrogen-bond donors (Lipinski definition) is 3. The lowest BCUT2D eigenvalue weighted by Crippen LogP contribution is -2.40. The zero-order valence-electron chi connectivity index (χ0n) is 12.1. The molecule has 0 spiro atoms. The number of amides is 3. The van der Waals surface area contributed by atoms with Crippen molar-refractivity contribution >= 4 is 18.2 Å². The minimum atomic E-state index is -0.536. The van der Waals surface area contributed by atoms with Crippen LogP contribution in [0.15, 0.2) is 52.2 Å². The fourth-order valence-electron chi connectivity index (χ4n) is 1.60. The van der Waals surface area contributed by atoms with Crippen LogP contribution in [-0.2, 0) is 11.3 Å². The maximum absolute atomic E-state index is 13.3. The van der Waals surface area contributed by atoms with Gasteiger partial charge < -0.3 is 15.1 Å². The average Bonchev–Trinajstić information content (AvgIpc) is 3.06. The summed E-state index contributed by atoms with van der Waals surface area (Å²) in [5.41, 5.74) is 2.43. The van der Waals surface area contributed by atoms with Crippen molar-refractivity contribution in [1.29, 1.82) is 0 Å². The topological polar surface area (TPSA) is 95.7 Å². The van der Waals surface area contributed by atoms with E-state index in [1.165, 1.54) is 24.6 Å². The van der Waals surface area contributed by atoms with E-state index in [0.29, 0.717) is 5.76 Å². The van der Waals surface area contributed by atoms with Crippen LogP contribution in [0, 0.1) is 5.82 Å². The largest absolute Gasteiger partial charge is 0.467 e. The predicted molar refractivity (Wildman–Crippen MR) is 81.1 cm³/mol. The van der Waals surface area contributed by atoms with E-state index in [0.717, 1.165) is 0 Å². The Kier molecular flexibility index (Phi) is 5.87. The van der Waals surface area contributed by atoms with Gasteiger partial charge in [-0.3, -0.25) is 4.79 Å². The molecule has 1 aromatic carbocycles. The SMILES string of the molecule is O=C(CNC(=O)NCc1ccco1)N/N=C/c1ccccc1F. The van der Waals surface area contributed by atoms with E-state index in [1.807, 2.05) is 0 Å². The van der Waals surface area contributed by atoms with Crippen molar-refractivity contribution in [2.24, 2.45) is 5.10 Å². The molecule has 0 saturated heterocycles. The molecule has 0 aliphatic heterocycles. The number of hydrazone groups is 1. The van der Waals surface area contributed by atoms with E-state index < -0.39 is 17.8 Å². The van der Waals surface area contributed by atoms with Gasteiger partial charge >= 0.3 is 6.03 Å². The molecule has 3 amide bonds. The van der Waals surface area contributed by atoms with Crippen LogP contribution in [0.4, 0.5) is 9.18 Å². The first-order chi connectivity index (χ1) is 11.1. The molecule has 1 heterocycles. The van der Waals surface area contributed by atoms with Crippen LogP contribution in [0.5, 0.6) is 0 Å². The number of carbonyl (C=O) groups excluding carboxylic acids is 2. The number of halogens is 1. The van der Waals surface area contributed by atoms with E-state index in [2.05, 4.69) is 21.2 Å². The van der Waals surface area contributed by atoms with Crippen molar-refractivity contribution in [3.63, 3.8) is 0 Å². The first-order valence-corrected chi connectivity index (χ1v) is 6.75. The van der Waals surface area contributed by atoms with Crippen LogP contribution < -0.4 is 16.1 Å². The molecule has 1 aromatic heterocycles. The van der Waals surface area contributed by atoms with Gasteiger partial charge in [-0.1, -0.05) is 18.2 Å². The summed E-state index contributed by atoms with van der Waals surface area (Å²) in [6.45, 7) is -0.0511. The van der Waals surface area contributed by atoms with Crippen LogP contribution in [0.25, 0.3) is 0 Å².